The van der Waals surface area contributed by atoms with Crippen molar-refractivity contribution in [1.29, 1.82) is 0 Å². The molecule has 1 rings (SSSR count). The maximum Gasteiger partial charge on any atom is 0.0903 e. The van der Waals surface area contributed by atoms with Crippen molar-refractivity contribution in [3.05, 3.63) is 35.9 Å². The summed E-state index contributed by atoms with van der Waals surface area (Å²) >= 11 is 0. The summed E-state index contributed by atoms with van der Waals surface area (Å²) in [5.74, 6) is 0. The van der Waals surface area contributed by atoms with Crippen LogP contribution in [0.1, 0.15) is 27.7 Å². The monoisotopic (exact) mass is 209 g/mol. The molecule has 84 valence electrons. The maximum absolute atomic E-state index is 10.1. The van der Waals surface area contributed by atoms with Gasteiger partial charge < -0.3 is 10.2 Å². The lowest BCUT2D eigenvalue weighted by Gasteiger charge is -2.39. The molecule has 0 saturated heterocycles. The van der Waals surface area contributed by atoms with Crippen molar-refractivity contribution in [2.75, 3.05) is 6.58 Å². The number of hydrogen-bond donors (Lipinski definition) is 2. The Labute approximate surface area is 93.0 Å². The van der Waals surface area contributed by atoms with Gasteiger partial charge in [0.2, 0.25) is 0 Å². The van der Waals surface area contributed by atoms with Gasteiger partial charge >= 0.3 is 0 Å². The molecule has 2 nitrogen and oxygen atoms in total. The summed E-state index contributed by atoms with van der Waals surface area (Å²) in [4.78, 5) is 0. The average Bonchev–Trinajstić information content (AvgIpc) is 2.18. The van der Waals surface area contributed by atoms with Gasteiger partial charge in [0.1, 0.15) is 0 Å². The molecule has 2 heteroatoms. The van der Waals surface area contributed by atoms with Crippen LogP contribution in [0, 0.1) is 5.41 Å². The van der Waals surface area contributed by atoms with Crippen LogP contribution in [0.2, 0.25) is 0 Å². The molecule has 0 aromatic heterocycles. The minimum Gasteiger partial charge on any atom is -0.393 e. The van der Waals surface area contributed by atoms with Gasteiger partial charge in [-0.05, 0) is 24.3 Å². The van der Waals surface area contributed by atoms with Gasteiger partial charge in [0.25, 0.3) is 0 Å². The van der Waals surface area contributed by atoms with Crippen molar-refractivity contribution in [3.8, 4) is 0 Å². The lowest BCUT2D eigenvalue weighted by Crippen LogP contribution is -2.46. The van der Waals surface area contributed by atoms with E-state index in [9.17, 15) is 10.2 Å². The summed E-state index contributed by atoms with van der Waals surface area (Å²) < 4.78 is 7.31. The van der Waals surface area contributed by atoms with E-state index < -0.39 is 17.6 Å². The standard InChI is InChI=1S/C13H20O2/c1-12(2,13(3,15)10-14)9-11-7-5-4-6-8-11/h4-8,14-15H,9-10H2,1-3H3/t13-/m1/s1/i10D/t10-,13+/m0. The molecule has 2 atom stereocenters. The molecule has 0 radical (unpaired) electrons. The van der Waals surface area contributed by atoms with Crippen LogP contribution in [0.25, 0.3) is 0 Å². The molecule has 0 fully saturated rings. The molecule has 1 aromatic carbocycles. The minimum atomic E-state index is -1.49. The largest absolute Gasteiger partial charge is 0.393 e. The Hall–Kier alpha value is -0.860. The predicted molar refractivity (Wildman–Crippen MR) is 61.6 cm³/mol. The maximum atomic E-state index is 10.1. The summed E-state index contributed by atoms with van der Waals surface area (Å²) in [6.07, 6.45) is 0.622. The van der Waals surface area contributed by atoms with Crippen molar-refractivity contribution in [1.82, 2.24) is 0 Å². The fourth-order valence-electron chi connectivity index (χ4n) is 1.46. The third kappa shape index (κ3) is 2.80. The molecule has 0 unspecified atom stereocenters. The lowest BCUT2D eigenvalue weighted by molar-refractivity contribution is -0.0875. The van der Waals surface area contributed by atoms with E-state index in [2.05, 4.69) is 0 Å². The fraction of sp³-hybridized carbons (Fsp3) is 0.538. The summed E-state index contributed by atoms with van der Waals surface area (Å²) in [5.41, 5.74) is -0.897. The molecule has 1 aromatic rings. The van der Waals surface area contributed by atoms with E-state index in [1.165, 1.54) is 6.92 Å². The second-order valence-electron chi connectivity index (χ2n) is 4.82. The number of aliphatic hydroxyl groups excluding tert-OH is 1. The topological polar surface area (TPSA) is 40.5 Å². The van der Waals surface area contributed by atoms with Gasteiger partial charge in [0.05, 0.1) is 13.6 Å². The second-order valence-corrected chi connectivity index (χ2v) is 4.82. The molecule has 0 aliphatic rings. The zero-order chi connectivity index (χ0) is 12.4. The Morgan fingerprint density at radius 3 is 2.20 bits per heavy atom. The molecule has 0 amide bonds. The Kier molecular flexibility index (Phi) is 3.08. The number of benzene rings is 1. The number of hydrogen-bond acceptors (Lipinski definition) is 2. The summed E-state index contributed by atoms with van der Waals surface area (Å²) in [6.45, 7) is 3.73. The third-order valence-corrected chi connectivity index (χ3v) is 3.11. The highest BCUT2D eigenvalue weighted by molar-refractivity contribution is 5.17. The van der Waals surface area contributed by atoms with Crippen molar-refractivity contribution in [2.24, 2.45) is 5.41 Å². The first kappa shape index (κ1) is 10.7. The van der Waals surface area contributed by atoms with E-state index in [4.69, 9.17) is 1.37 Å². The highest BCUT2D eigenvalue weighted by Crippen LogP contribution is 2.33. The zero-order valence-corrected chi connectivity index (χ0v) is 9.57. The lowest BCUT2D eigenvalue weighted by atomic mass is 9.72. The van der Waals surface area contributed by atoms with Crippen LogP contribution in [-0.4, -0.2) is 22.4 Å². The van der Waals surface area contributed by atoms with Gasteiger partial charge in [-0.15, -0.1) is 0 Å². The van der Waals surface area contributed by atoms with Gasteiger partial charge in [-0.25, -0.2) is 0 Å². The third-order valence-electron chi connectivity index (χ3n) is 3.11. The molecular weight excluding hydrogens is 188 g/mol. The van der Waals surface area contributed by atoms with E-state index in [0.29, 0.717) is 6.42 Å². The van der Waals surface area contributed by atoms with Gasteiger partial charge in [0.15, 0.2) is 0 Å². The highest BCUT2D eigenvalue weighted by Gasteiger charge is 2.38. The first-order valence-electron chi connectivity index (χ1n) is 5.72. The van der Waals surface area contributed by atoms with Gasteiger partial charge in [-0.1, -0.05) is 44.2 Å². The van der Waals surface area contributed by atoms with E-state index in [0.717, 1.165) is 5.56 Å². The Morgan fingerprint density at radius 1 is 1.20 bits per heavy atom. The highest BCUT2D eigenvalue weighted by atomic mass is 16.3. The van der Waals surface area contributed by atoms with Crippen molar-refractivity contribution < 1.29 is 11.6 Å². The SMILES string of the molecule is [2H][C@H](O)[C@@](C)(O)C(C)(C)Cc1ccccc1. The number of aliphatic hydroxyl groups is 2. The van der Waals surface area contributed by atoms with E-state index in [1.807, 2.05) is 44.2 Å². The van der Waals surface area contributed by atoms with Gasteiger partial charge in [-0.3, -0.25) is 0 Å². The molecule has 15 heavy (non-hydrogen) atoms. The Bertz CT molecular complexity index is 331. The van der Waals surface area contributed by atoms with Crippen LogP contribution in [0.3, 0.4) is 0 Å². The van der Waals surface area contributed by atoms with Crippen LogP contribution in [0.5, 0.6) is 0 Å². The molecule has 0 aliphatic carbocycles. The first-order chi connectivity index (χ1) is 7.27. The molecule has 2 N–H and O–H groups in total. The van der Waals surface area contributed by atoms with E-state index in [-0.39, 0.29) is 0 Å². The number of rotatable bonds is 4. The molecule has 0 aliphatic heterocycles. The first-order valence-corrected chi connectivity index (χ1v) is 5.14. The molecule has 0 heterocycles. The smallest absolute Gasteiger partial charge is 0.0903 e. The van der Waals surface area contributed by atoms with Gasteiger partial charge in [0, 0.05) is 0 Å². The van der Waals surface area contributed by atoms with Crippen LogP contribution in [0.15, 0.2) is 30.3 Å². The van der Waals surface area contributed by atoms with Crippen LogP contribution in [-0.2, 0) is 6.42 Å². The second kappa shape index (κ2) is 4.33. The minimum absolute atomic E-state index is 0.560. The molecular formula is C13H20O2. The quantitative estimate of drug-likeness (QED) is 0.796. The van der Waals surface area contributed by atoms with Crippen LogP contribution < -0.4 is 0 Å². The van der Waals surface area contributed by atoms with E-state index in [1.54, 1.807) is 0 Å². The van der Waals surface area contributed by atoms with E-state index >= 15 is 0 Å². The Morgan fingerprint density at radius 2 is 1.73 bits per heavy atom. The molecule has 0 spiro atoms. The molecule has 0 saturated carbocycles. The summed E-state index contributed by atoms with van der Waals surface area (Å²) in [6, 6.07) is 9.78. The zero-order valence-electron chi connectivity index (χ0n) is 10.6. The average molecular weight is 209 g/mol. The van der Waals surface area contributed by atoms with Crippen LogP contribution >= 0.6 is 0 Å². The van der Waals surface area contributed by atoms with Crippen molar-refractivity contribution in [3.63, 3.8) is 0 Å². The predicted octanol–water partition coefficient (Wildman–Crippen LogP) is 2.00. The van der Waals surface area contributed by atoms with Crippen LogP contribution in [0.4, 0.5) is 0 Å². The van der Waals surface area contributed by atoms with Gasteiger partial charge in [-0.2, -0.15) is 0 Å². The summed E-state index contributed by atoms with van der Waals surface area (Å²) in [7, 11) is 0. The Balaban J connectivity index is 2.87. The van der Waals surface area contributed by atoms with Crippen molar-refractivity contribution >= 4 is 0 Å². The summed E-state index contributed by atoms with van der Waals surface area (Å²) in [5, 5.41) is 19.5. The fourth-order valence-corrected chi connectivity index (χ4v) is 1.46. The van der Waals surface area contributed by atoms with Crippen molar-refractivity contribution in [2.45, 2.75) is 32.8 Å². The normalized spacial score (nSPS) is 19.1. The molecule has 0 bridgehead atoms.